The summed E-state index contributed by atoms with van der Waals surface area (Å²) in [5, 5.41) is 23.4. The van der Waals surface area contributed by atoms with Crippen molar-refractivity contribution in [2.24, 2.45) is 0 Å². The zero-order valence-electron chi connectivity index (χ0n) is 30.8. The predicted molar refractivity (Wildman–Crippen MR) is 199 cm³/mol. The Morgan fingerprint density at radius 2 is 0.894 bits per heavy atom. The molecule has 4 N–H and O–H groups in total. The molecule has 0 fully saturated rings. The van der Waals surface area contributed by atoms with Gasteiger partial charge in [-0.15, -0.1) is 0 Å². The summed E-state index contributed by atoms with van der Waals surface area (Å²) >= 11 is 0. The molecule has 0 aliphatic rings. The van der Waals surface area contributed by atoms with Gasteiger partial charge in [0.25, 0.3) is 10.1 Å². The van der Waals surface area contributed by atoms with Crippen molar-refractivity contribution in [3.63, 3.8) is 0 Å². The van der Waals surface area contributed by atoms with Gasteiger partial charge in [0, 0.05) is 0 Å². The summed E-state index contributed by atoms with van der Waals surface area (Å²) in [7, 11) is -4.40. The highest BCUT2D eigenvalue weighted by molar-refractivity contribution is 7.85. The lowest BCUT2D eigenvalue weighted by atomic mass is 10.0. The third-order valence-electron chi connectivity index (χ3n) is 9.33. The first-order chi connectivity index (χ1) is 22.7. The summed E-state index contributed by atoms with van der Waals surface area (Å²) in [5.74, 6) is -1.46. The lowest BCUT2D eigenvalue weighted by molar-refractivity contribution is -0.131. The molecule has 1 amide bonds. The van der Waals surface area contributed by atoms with Crippen molar-refractivity contribution in [1.82, 2.24) is 5.32 Å². The Hall–Kier alpha value is -0.960. The fourth-order valence-corrected chi connectivity index (χ4v) is 6.98. The fraction of sp³-hybridized carbons (Fsp3) is 0.923. The molecule has 47 heavy (non-hydrogen) atoms. The molecule has 3 unspecified atom stereocenters. The van der Waals surface area contributed by atoms with E-state index in [4.69, 9.17) is 0 Å². The van der Waals surface area contributed by atoms with Crippen molar-refractivity contribution in [1.29, 1.82) is 0 Å². The van der Waals surface area contributed by atoms with Gasteiger partial charge in [0.15, 0.2) is 0 Å². The van der Waals surface area contributed by atoms with Gasteiger partial charge < -0.3 is 15.5 Å². The third kappa shape index (κ3) is 33.3. The van der Waals surface area contributed by atoms with Gasteiger partial charge in [0.05, 0.1) is 17.9 Å². The van der Waals surface area contributed by atoms with Crippen LogP contribution in [-0.4, -0.2) is 53.1 Å². The van der Waals surface area contributed by atoms with E-state index in [9.17, 15) is 28.0 Å². The second-order valence-electron chi connectivity index (χ2n) is 14.1. The fourth-order valence-electron chi connectivity index (χ4n) is 6.22. The third-order valence-corrected chi connectivity index (χ3v) is 10.1. The van der Waals surface area contributed by atoms with Gasteiger partial charge in [-0.3, -0.25) is 9.35 Å². The number of carbonyl (C=O) groups excluding carboxylic acids is 1. The Morgan fingerprint density at radius 3 is 1.28 bits per heavy atom. The minimum atomic E-state index is -4.40. The zero-order chi connectivity index (χ0) is 34.9. The topological polar surface area (TPSA) is 124 Å². The standard InChI is InChI=1S/C39H77NO6S/c1-3-5-7-9-11-13-14-15-16-17-18-19-20-21-22-23-24-25-26-28-30-32-34-38(42)39(43)40-36(35-47(44,45)46)37(41)33-31-29-27-12-10-8-6-4-2/h21-22,36-38,41-42H,3-20,23-35H2,1-2H3,(H,40,43)(H,44,45,46)/b22-21-. The van der Waals surface area contributed by atoms with Crippen molar-refractivity contribution in [2.75, 3.05) is 5.75 Å². The van der Waals surface area contributed by atoms with E-state index in [0.29, 0.717) is 25.7 Å². The minimum absolute atomic E-state index is 0.292. The monoisotopic (exact) mass is 688 g/mol. The summed E-state index contributed by atoms with van der Waals surface area (Å²) in [5.41, 5.74) is 0. The van der Waals surface area contributed by atoms with Crippen LogP contribution in [0.25, 0.3) is 0 Å². The van der Waals surface area contributed by atoms with E-state index in [1.807, 2.05) is 0 Å². The number of carbonyl (C=O) groups is 1. The van der Waals surface area contributed by atoms with Gasteiger partial charge >= 0.3 is 0 Å². The summed E-state index contributed by atoms with van der Waals surface area (Å²) in [4.78, 5) is 12.5. The molecule has 0 aromatic heterocycles. The minimum Gasteiger partial charge on any atom is -0.391 e. The molecule has 0 rings (SSSR count). The summed E-state index contributed by atoms with van der Waals surface area (Å²) in [6, 6.07) is -1.14. The van der Waals surface area contributed by atoms with Crippen molar-refractivity contribution < 1.29 is 28.0 Å². The normalized spacial score (nSPS) is 14.1. The quantitative estimate of drug-likeness (QED) is 0.0295. The van der Waals surface area contributed by atoms with Crippen LogP contribution in [-0.2, 0) is 14.9 Å². The number of amides is 1. The average Bonchev–Trinajstić information content (AvgIpc) is 3.03. The molecular formula is C39H77NO6S. The molecule has 0 aromatic carbocycles. The molecule has 0 spiro atoms. The largest absolute Gasteiger partial charge is 0.391 e. The Balaban J connectivity index is 3.86. The van der Waals surface area contributed by atoms with Crippen LogP contribution >= 0.6 is 0 Å². The van der Waals surface area contributed by atoms with Crippen molar-refractivity contribution in [3.8, 4) is 0 Å². The van der Waals surface area contributed by atoms with Crippen LogP contribution in [0.3, 0.4) is 0 Å². The lowest BCUT2D eigenvalue weighted by Gasteiger charge is -2.24. The van der Waals surface area contributed by atoms with Crippen LogP contribution in [0.5, 0.6) is 0 Å². The Labute approximate surface area is 291 Å². The zero-order valence-corrected chi connectivity index (χ0v) is 31.6. The van der Waals surface area contributed by atoms with E-state index >= 15 is 0 Å². The molecular weight excluding hydrogens is 610 g/mol. The van der Waals surface area contributed by atoms with E-state index in [2.05, 4.69) is 31.3 Å². The number of hydrogen-bond donors (Lipinski definition) is 4. The Bertz CT molecular complexity index is 818. The first-order valence-corrected chi connectivity index (χ1v) is 21.6. The molecule has 0 radical (unpaired) electrons. The van der Waals surface area contributed by atoms with Gasteiger partial charge in [0.2, 0.25) is 5.91 Å². The van der Waals surface area contributed by atoms with E-state index in [1.165, 1.54) is 122 Å². The van der Waals surface area contributed by atoms with E-state index in [1.54, 1.807) is 0 Å². The molecule has 3 atom stereocenters. The molecule has 0 saturated heterocycles. The first-order valence-electron chi connectivity index (χ1n) is 20.0. The highest BCUT2D eigenvalue weighted by Gasteiger charge is 2.28. The lowest BCUT2D eigenvalue weighted by Crippen LogP contribution is -2.50. The first kappa shape index (κ1) is 46.0. The second kappa shape index (κ2) is 33.5. The molecule has 0 bridgehead atoms. The average molecular weight is 688 g/mol. The van der Waals surface area contributed by atoms with E-state index < -0.39 is 40.0 Å². The maximum atomic E-state index is 12.5. The number of allylic oxidation sites excluding steroid dienone is 2. The molecule has 280 valence electrons. The molecule has 0 saturated carbocycles. The number of hydrogen-bond acceptors (Lipinski definition) is 5. The SMILES string of the molecule is CCCCCCCCCCCCCC/C=C\CCCCCCCCC(O)C(=O)NC(CS(=O)(=O)O)C(O)CCCCCCCCCC. The van der Waals surface area contributed by atoms with Crippen LogP contribution in [0, 0.1) is 0 Å². The summed E-state index contributed by atoms with van der Waals surface area (Å²) in [6.07, 6.45) is 36.9. The van der Waals surface area contributed by atoms with Gasteiger partial charge in [-0.1, -0.05) is 180 Å². The van der Waals surface area contributed by atoms with Crippen LogP contribution in [0.15, 0.2) is 12.2 Å². The smallest absolute Gasteiger partial charge is 0.266 e. The maximum absolute atomic E-state index is 12.5. The van der Waals surface area contributed by atoms with Gasteiger partial charge in [0.1, 0.15) is 6.10 Å². The van der Waals surface area contributed by atoms with Crippen molar-refractivity contribution >= 4 is 16.0 Å². The van der Waals surface area contributed by atoms with Crippen LogP contribution in [0.2, 0.25) is 0 Å². The van der Waals surface area contributed by atoms with Gasteiger partial charge in [-0.25, -0.2) is 0 Å². The highest BCUT2D eigenvalue weighted by Crippen LogP contribution is 2.15. The van der Waals surface area contributed by atoms with Crippen LogP contribution in [0.1, 0.15) is 206 Å². The number of unbranched alkanes of at least 4 members (excludes halogenated alkanes) is 25. The van der Waals surface area contributed by atoms with Gasteiger partial charge in [-0.05, 0) is 38.5 Å². The molecule has 0 aliphatic carbocycles. The number of aliphatic hydroxyl groups excluding tert-OH is 2. The summed E-state index contributed by atoms with van der Waals surface area (Å²) < 4.78 is 32.3. The molecule has 8 heteroatoms. The molecule has 0 heterocycles. The number of rotatable bonds is 36. The van der Waals surface area contributed by atoms with E-state index in [0.717, 1.165) is 44.9 Å². The van der Waals surface area contributed by atoms with Crippen molar-refractivity contribution in [2.45, 2.75) is 225 Å². The highest BCUT2D eigenvalue weighted by atomic mass is 32.2. The van der Waals surface area contributed by atoms with Crippen LogP contribution < -0.4 is 5.32 Å². The van der Waals surface area contributed by atoms with Crippen molar-refractivity contribution in [3.05, 3.63) is 12.2 Å². The van der Waals surface area contributed by atoms with E-state index in [-0.39, 0.29) is 0 Å². The number of nitrogens with one attached hydrogen (secondary N) is 1. The van der Waals surface area contributed by atoms with Gasteiger partial charge in [-0.2, -0.15) is 8.42 Å². The maximum Gasteiger partial charge on any atom is 0.266 e. The molecule has 0 aliphatic heterocycles. The van der Waals surface area contributed by atoms with Crippen LogP contribution in [0.4, 0.5) is 0 Å². The Kier molecular flexibility index (Phi) is 32.8. The molecule has 0 aromatic rings. The Morgan fingerprint density at radius 1 is 0.553 bits per heavy atom. The number of aliphatic hydroxyl groups is 2. The summed E-state index contributed by atoms with van der Waals surface area (Å²) in [6.45, 7) is 4.46. The predicted octanol–water partition coefficient (Wildman–Crippen LogP) is 10.4. The molecule has 7 nitrogen and oxygen atoms in total. The second-order valence-corrected chi connectivity index (χ2v) is 15.6.